The van der Waals surface area contributed by atoms with Crippen molar-refractivity contribution in [1.82, 2.24) is 10.6 Å². The summed E-state index contributed by atoms with van der Waals surface area (Å²) in [4.78, 5) is 12.4. The minimum atomic E-state index is -0.141. The van der Waals surface area contributed by atoms with Crippen LogP contribution in [0.2, 0.25) is 0 Å². The van der Waals surface area contributed by atoms with E-state index in [-0.39, 0.29) is 5.97 Å². The Balaban J connectivity index is 2.12. The van der Waals surface area contributed by atoms with Crippen LogP contribution in [0.15, 0.2) is 24.3 Å². The molecule has 0 heterocycles. The first-order valence-corrected chi connectivity index (χ1v) is 8.87. The molecule has 1 aromatic rings. The van der Waals surface area contributed by atoms with Gasteiger partial charge in [0.05, 0.1) is 21.2 Å². The second kappa shape index (κ2) is 11.8. The normalized spacial score (nSPS) is 10.5. The van der Waals surface area contributed by atoms with Crippen LogP contribution >= 0.6 is 12.2 Å². The maximum absolute atomic E-state index is 11.0. The molecular weight excluding hydrogens is 322 g/mol. The maximum Gasteiger partial charge on any atom is 0.305 e. The molecule has 3 N–H and O–H groups in total. The Bertz CT molecular complexity index is 503. The zero-order chi connectivity index (χ0) is 17.8. The average Bonchev–Trinajstić information content (AvgIpc) is 2.56. The second-order valence-electron chi connectivity index (χ2n) is 6.20. The predicted molar refractivity (Wildman–Crippen MR) is 101 cm³/mol. The smallest absolute Gasteiger partial charge is 0.305 e. The van der Waals surface area contributed by atoms with E-state index >= 15 is 0 Å². The zero-order valence-electron chi connectivity index (χ0n) is 15.0. The van der Waals surface area contributed by atoms with Crippen LogP contribution in [0.25, 0.3) is 0 Å². The molecule has 1 aromatic carbocycles. The Morgan fingerprint density at radius 1 is 1.08 bits per heavy atom. The number of benzene rings is 1. The van der Waals surface area contributed by atoms with Gasteiger partial charge in [0.25, 0.3) is 0 Å². The van der Waals surface area contributed by atoms with Crippen LogP contribution in [0.3, 0.4) is 0 Å². The molecular formula is C18H30N3O2S+. The monoisotopic (exact) mass is 352 g/mol. The lowest BCUT2D eigenvalue weighted by molar-refractivity contribution is -0.872. The molecule has 134 valence electrons. The molecule has 0 aliphatic heterocycles. The number of carbonyl (C=O) groups excluding carboxylic acids is 1. The molecule has 0 saturated heterocycles. The highest BCUT2D eigenvalue weighted by Gasteiger charge is 2.01. The van der Waals surface area contributed by atoms with Crippen molar-refractivity contribution in [3.63, 3.8) is 0 Å². The number of hydrogen-bond acceptors (Lipinski definition) is 3. The van der Waals surface area contributed by atoms with Crippen LogP contribution in [0, 0.1) is 0 Å². The molecule has 0 bridgehead atoms. The lowest BCUT2D eigenvalue weighted by Crippen LogP contribution is -3.04. The van der Waals surface area contributed by atoms with Crippen LogP contribution in [-0.4, -0.2) is 38.8 Å². The third-order valence-electron chi connectivity index (χ3n) is 3.60. The number of methoxy groups -OCH3 is 1. The van der Waals surface area contributed by atoms with Crippen molar-refractivity contribution in [2.75, 3.05) is 27.7 Å². The van der Waals surface area contributed by atoms with E-state index in [0.29, 0.717) is 11.5 Å². The molecule has 1 rings (SSSR count). The van der Waals surface area contributed by atoms with Crippen molar-refractivity contribution in [3.8, 4) is 0 Å². The van der Waals surface area contributed by atoms with E-state index in [2.05, 4.69) is 53.7 Å². The molecule has 0 aliphatic carbocycles. The number of quaternary nitrogens is 1. The number of thiocarbonyl (C=S) groups is 1. The maximum atomic E-state index is 11.0. The van der Waals surface area contributed by atoms with Crippen molar-refractivity contribution < 1.29 is 14.4 Å². The van der Waals surface area contributed by atoms with Gasteiger partial charge >= 0.3 is 5.97 Å². The lowest BCUT2D eigenvalue weighted by atomic mass is 10.1. The van der Waals surface area contributed by atoms with Gasteiger partial charge in [-0.1, -0.05) is 30.7 Å². The summed E-state index contributed by atoms with van der Waals surface area (Å²) < 4.78 is 4.61. The van der Waals surface area contributed by atoms with Crippen LogP contribution in [0.4, 0.5) is 0 Å². The zero-order valence-corrected chi connectivity index (χ0v) is 15.8. The van der Waals surface area contributed by atoms with Gasteiger partial charge in [-0.15, -0.1) is 0 Å². The van der Waals surface area contributed by atoms with E-state index in [1.165, 1.54) is 23.1 Å². The van der Waals surface area contributed by atoms with Crippen LogP contribution in [0.5, 0.6) is 0 Å². The van der Waals surface area contributed by atoms with Crippen LogP contribution in [0.1, 0.15) is 36.8 Å². The van der Waals surface area contributed by atoms with Gasteiger partial charge in [-0.25, -0.2) is 0 Å². The highest BCUT2D eigenvalue weighted by molar-refractivity contribution is 7.80. The highest BCUT2D eigenvalue weighted by Crippen LogP contribution is 2.03. The number of unbranched alkanes of at least 4 members (excludes halogenated alkanes) is 2. The van der Waals surface area contributed by atoms with E-state index in [0.717, 1.165) is 38.9 Å². The van der Waals surface area contributed by atoms with E-state index in [9.17, 15) is 4.79 Å². The minimum absolute atomic E-state index is 0.141. The number of esters is 1. The Morgan fingerprint density at radius 2 is 1.75 bits per heavy atom. The number of carbonyl (C=O) groups is 1. The number of rotatable bonds is 10. The van der Waals surface area contributed by atoms with E-state index in [4.69, 9.17) is 12.2 Å². The fourth-order valence-electron chi connectivity index (χ4n) is 2.30. The largest absolute Gasteiger partial charge is 0.469 e. The van der Waals surface area contributed by atoms with Gasteiger partial charge in [0, 0.05) is 25.1 Å². The van der Waals surface area contributed by atoms with Crippen molar-refractivity contribution in [1.29, 1.82) is 0 Å². The summed E-state index contributed by atoms with van der Waals surface area (Å²) in [6.45, 7) is 2.57. The Hall–Kier alpha value is -1.66. The first kappa shape index (κ1) is 20.4. The number of nitrogens with one attached hydrogen (secondary N) is 3. The predicted octanol–water partition coefficient (Wildman–Crippen LogP) is 1.03. The molecule has 0 radical (unpaired) electrons. The van der Waals surface area contributed by atoms with Crippen LogP contribution in [-0.2, 0) is 22.6 Å². The Morgan fingerprint density at radius 3 is 2.38 bits per heavy atom. The fraction of sp³-hybridized carbons (Fsp3) is 0.556. The van der Waals surface area contributed by atoms with E-state index in [1.807, 2.05) is 0 Å². The van der Waals surface area contributed by atoms with Gasteiger partial charge in [0.15, 0.2) is 5.11 Å². The van der Waals surface area contributed by atoms with Crippen molar-refractivity contribution in [3.05, 3.63) is 35.4 Å². The average molecular weight is 353 g/mol. The summed E-state index contributed by atoms with van der Waals surface area (Å²) in [6.07, 6.45) is 3.32. The highest BCUT2D eigenvalue weighted by atomic mass is 32.1. The number of ether oxygens (including phenoxy) is 1. The molecule has 0 spiro atoms. The summed E-state index contributed by atoms with van der Waals surface area (Å²) in [5.41, 5.74) is 2.56. The first-order valence-electron chi connectivity index (χ1n) is 8.46. The lowest BCUT2D eigenvalue weighted by Gasteiger charge is -2.11. The molecule has 0 fully saturated rings. The Labute approximate surface area is 150 Å². The van der Waals surface area contributed by atoms with Crippen molar-refractivity contribution in [2.24, 2.45) is 0 Å². The summed E-state index contributed by atoms with van der Waals surface area (Å²) >= 11 is 5.27. The van der Waals surface area contributed by atoms with Gasteiger partial charge in [-0.2, -0.15) is 0 Å². The third kappa shape index (κ3) is 9.47. The van der Waals surface area contributed by atoms with E-state index in [1.54, 1.807) is 0 Å². The topological polar surface area (TPSA) is 54.8 Å². The van der Waals surface area contributed by atoms with Crippen LogP contribution < -0.4 is 15.5 Å². The van der Waals surface area contributed by atoms with Gasteiger partial charge in [-0.05, 0) is 30.6 Å². The molecule has 0 atom stereocenters. The summed E-state index contributed by atoms with van der Waals surface area (Å²) in [5, 5.41) is 7.08. The minimum Gasteiger partial charge on any atom is -0.469 e. The summed E-state index contributed by atoms with van der Waals surface area (Å²) in [7, 11) is 5.72. The molecule has 0 saturated carbocycles. The molecule has 24 heavy (non-hydrogen) atoms. The van der Waals surface area contributed by atoms with E-state index < -0.39 is 0 Å². The van der Waals surface area contributed by atoms with Gasteiger partial charge in [-0.3, -0.25) is 4.79 Å². The van der Waals surface area contributed by atoms with Gasteiger partial charge in [0.2, 0.25) is 0 Å². The van der Waals surface area contributed by atoms with Crippen molar-refractivity contribution >= 4 is 23.3 Å². The summed E-state index contributed by atoms with van der Waals surface area (Å²) in [5.74, 6) is -0.141. The standard InChI is InChI=1S/C18H29N3O2S/c1-21(2)14-16-10-8-15(9-11-16)13-20-18(24)19-12-6-4-5-7-17(22)23-3/h8-11H,4-7,12-14H2,1-3H3,(H2,19,20,24)/p+1. The third-order valence-corrected chi connectivity index (χ3v) is 3.89. The number of hydrogen-bond donors (Lipinski definition) is 3. The molecule has 0 aromatic heterocycles. The Kier molecular flexibility index (Phi) is 10.0. The second-order valence-corrected chi connectivity index (χ2v) is 6.60. The first-order chi connectivity index (χ1) is 11.5. The summed E-state index contributed by atoms with van der Waals surface area (Å²) in [6, 6.07) is 8.62. The SMILES string of the molecule is COC(=O)CCCCCNC(=S)NCc1ccc(C[NH+](C)C)cc1. The molecule has 0 amide bonds. The molecule has 6 heteroatoms. The molecule has 0 aliphatic rings. The quantitative estimate of drug-likeness (QED) is 0.334. The fourth-order valence-corrected chi connectivity index (χ4v) is 2.48. The van der Waals surface area contributed by atoms with Crippen molar-refractivity contribution in [2.45, 2.75) is 38.8 Å². The van der Waals surface area contributed by atoms with Gasteiger partial charge in [0.1, 0.15) is 6.54 Å². The van der Waals surface area contributed by atoms with Gasteiger partial charge < -0.3 is 20.3 Å². The molecule has 0 unspecified atom stereocenters. The molecule has 5 nitrogen and oxygen atoms in total.